The zero-order chi connectivity index (χ0) is 7.56. The predicted molar refractivity (Wildman–Crippen MR) is 41.8 cm³/mol. The van der Waals surface area contributed by atoms with Crippen molar-refractivity contribution in [1.29, 1.82) is 0 Å². The molecule has 0 bridgehead atoms. The largest absolute Gasteiger partial charge is 0.299 e. The fraction of sp³-hybridized carbons (Fsp3) is 0.889. The molecule has 1 aliphatic rings. The maximum atomic E-state index is 11.2. The first-order valence-electron chi connectivity index (χ1n) is 4.26. The molecule has 1 nitrogen and oxygen atoms in total. The van der Waals surface area contributed by atoms with E-state index in [2.05, 4.69) is 6.92 Å². The number of carbonyl (C=O) groups is 1. The second kappa shape index (κ2) is 3.18. The topological polar surface area (TPSA) is 17.1 Å². The molecule has 0 aromatic carbocycles. The summed E-state index contributed by atoms with van der Waals surface area (Å²) in [6.07, 6.45) is 4.29. The summed E-state index contributed by atoms with van der Waals surface area (Å²) < 4.78 is 0. The normalized spacial score (nSPS) is 32.6. The van der Waals surface area contributed by atoms with Gasteiger partial charge in [-0.2, -0.15) is 0 Å². The van der Waals surface area contributed by atoms with Crippen LogP contribution in [-0.2, 0) is 4.79 Å². The van der Waals surface area contributed by atoms with E-state index in [0.717, 1.165) is 25.2 Å². The molecule has 0 spiro atoms. The van der Waals surface area contributed by atoms with Gasteiger partial charge < -0.3 is 0 Å². The van der Waals surface area contributed by atoms with E-state index in [0.29, 0.717) is 11.7 Å². The molecule has 0 N–H and O–H groups in total. The number of hydrogen-bond acceptors (Lipinski definition) is 1. The molecule has 1 rings (SSSR count). The number of carbonyl (C=O) groups excluding carboxylic acids is 1. The molecule has 58 valence electrons. The minimum absolute atomic E-state index is 0.417. The molecule has 0 aromatic rings. The quantitative estimate of drug-likeness (QED) is 0.575. The van der Waals surface area contributed by atoms with Crippen molar-refractivity contribution in [3.8, 4) is 0 Å². The molecule has 0 aliphatic heterocycles. The lowest BCUT2D eigenvalue weighted by Gasteiger charge is -2.04. The summed E-state index contributed by atoms with van der Waals surface area (Å²) >= 11 is 0. The summed E-state index contributed by atoms with van der Waals surface area (Å²) in [6, 6.07) is 0. The summed E-state index contributed by atoms with van der Waals surface area (Å²) in [7, 11) is 0. The summed E-state index contributed by atoms with van der Waals surface area (Å²) in [5.41, 5.74) is 0. The highest BCUT2D eigenvalue weighted by molar-refractivity contribution is 5.80. The minimum Gasteiger partial charge on any atom is -0.299 e. The van der Waals surface area contributed by atoms with Crippen molar-refractivity contribution in [1.82, 2.24) is 0 Å². The minimum atomic E-state index is 0.417. The summed E-state index contributed by atoms with van der Waals surface area (Å²) in [6.45, 7) is 4.20. The fourth-order valence-electron chi connectivity index (χ4n) is 1.79. The van der Waals surface area contributed by atoms with E-state index < -0.39 is 0 Å². The Morgan fingerprint density at radius 1 is 1.50 bits per heavy atom. The van der Waals surface area contributed by atoms with Crippen LogP contribution in [0.2, 0.25) is 0 Å². The zero-order valence-corrected chi connectivity index (χ0v) is 6.89. The van der Waals surface area contributed by atoms with Gasteiger partial charge in [0.25, 0.3) is 0 Å². The summed E-state index contributed by atoms with van der Waals surface area (Å²) in [5, 5.41) is 0. The van der Waals surface area contributed by atoms with Crippen LogP contribution < -0.4 is 0 Å². The highest BCUT2D eigenvalue weighted by Gasteiger charge is 2.25. The first-order valence-corrected chi connectivity index (χ1v) is 4.26. The molecule has 1 heteroatoms. The van der Waals surface area contributed by atoms with Gasteiger partial charge in [0.1, 0.15) is 5.78 Å². The number of hydrogen-bond donors (Lipinski definition) is 0. The highest BCUT2D eigenvalue weighted by Crippen LogP contribution is 2.31. The standard InChI is InChI=1S/C9H16O/c1-3-9(10)8-5-4-7(2)6-8/h7-8H,3-6H2,1-2H3/t7-,8+/m0/s1. The Kier molecular flexibility index (Phi) is 2.47. The first-order chi connectivity index (χ1) is 4.74. The Morgan fingerprint density at radius 2 is 2.20 bits per heavy atom. The van der Waals surface area contributed by atoms with E-state index in [1.54, 1.807) is 0 Å². The summed E-state index contributed by atoms with van der Waals surface area (Å²) in [4.78, 5) is 11.2. The number of rotatable bonds is 2. The maximum Gasteiger partial charge on any atom is 0.135 e. The van der Waals surface area contributed by atoms with E-state index in [1.165, 1.54) is 6.42 Å². The molecular weight excluding hydrogens is 124 g/mol. The van der Waals surface area contributed by atoms with Gasteiger partial charge in [0.05, 0.1) is 0 Å². The Hall–Kier alpha value is -0.330. The van der Waals surface area contributed by atoms with Gasteiger partial charge in [0.15, 0.2) is 0 Å². The van der Waals surface area contributed by atoms with Crippen LogP contribution in [0.3, 0.4) is 0 Å². The van der Waals surface area contributed by atoms with Gasteiger partial charge in [0.2, 0.25) is 0 Å². The second-order valence-corrected chi connectivity index (χ2v) is 3.44. The molecule has 0 radical (unpaired) electrons. The van der Waals surface area contributed by atoms with Crippen molar-refractivity contribution in [2.75, 3.05) is 0 Å². The fourth-order valence-corrected chi connectivity index (χ4v) is 1.79. The highest BCUT2D eigenvalue weighted by atomic mass is 16.1. The molecule has 1 fully saturated rings. The molecular formula is C9H16O. The monoisotopic (exact) mass is 140 g/mol. The van der Waals surface area contributed by atoms with Crippen molar-refractivity contribution in [2.45, 2.75) is 39.5 Å². The van der Waals surface area contributed by atoms with Crippen molar-refractivity contribution in [2.24, 2.45) is 11.8 Å². The molecule has 0 saturated heterocycles. The van der Waals surface area contributed by atoms with Gasteiger partial charge in [-0.3, -0.25) is 4.79 Å². The van der Waals surface area contributed by atoms with Crippen LogP contribution in [0.1, 0.15) is 39.5 Å². The van der Waals surface area contributed by atoms with E-state index in [-0.39, 0.29) is 0 Å². The molecule has 0 heterocycles. The zero-order valence-electron chi connectivity index (χ0n) is 6.89. The Balaban J connectivity index is 2.37. The molecule has 2 atom stereocenters. The lowest BCUT2D eigenvalue weighted by molar-refractivity contribution is -0.122. The third-order valence-electron chi connectivity index (χ3n) is 2.50. The molecule has 0 amide bonds. The predicted octanol–water partition coefficient (Wildman–Crippen LogP) is 2.40. The smallest absolute Gasteiger partial charge is 0.135 e. The molecule has 10 heavy (non-hydrogen) atoms. The summed E-state index contributed by atoms with van der Waals surface area (Å²) in [5.74, 6) is 1.69. The number of Topliss-reactive ketones (excluding diaryl/α,β-unsaturated/α-hetero) is 1. The van der Waals surface area contributed by atoms with Crippen LogP contribution in [0.5, 0.6) is 0 Å². The van der Waals surface area contributed by atoms with Crippen molar-refractivity contribution in [3.05, 3.63) is 0 Å². The average Bonchev–Trinajstić information content (AvgIpc) is 2.34. The van der Waals surface area contributed by atoms with Gasteiger partial charge in [-0.25, -0.2) is 0 Å². The van der Waals surface area contributed by atoms with Gasteiger partial charge in [0, 0.05) is 12.3 Å². The molecule has 1 saturated carbocycles. The van der Waals surface area contributed by atoms with Crippen LogP contribution >= 0.6 is 0 Å². The van der Waals surface area contributed by atoms with Gasteiger partial charge in [-0.1, -0.05) is 13.8 Å². The Bertz CT molecular complexity index is 129. The van der Waals surface area contributed by atoms with Crippen molar-refractivity contribution < 1.29 is 4.79 Å². The van der Waals surface area contributed by atoms with Gasteiger partial charge in [-0.15, -0.1) is 0 Å². The van der Waals surface area contributed by atoms with Crippen molar-refractivity contribution in [3.63, 3.8) is 0 Å². The van der Waals surface area contributed by atoms with E-state index in [9.17, 15) is 4.79 Å². The number of ketones is 1. The Labute approximate surface area is 62.8 Å². The maximum absolute atomic E-state index is 11.2. The van der Waals surface area contributed by atoms with Gasteiger partial charge in [-0.05, 0) is 25.2 Å². The van der Waals surface area contributed by atoms with Crippen LogP contribution in [0, 0.1) is 11.8 Å². The first kappa shape index (κ1) is 7.77. The lowest BCUT2D eigenvalue weighted by atomic mass is 10.00. The van der Waals surface area contributed by atoms with E-state index >= 15 is 0 Å². The van der Waals surface area contributed by atoms with Crippen LogP contribution in [0.4, 0.5) is 0 Å². The van der Waals surface area contributed by atoms with E-state index in [1.807, 2.05) is 6.92 Å². The third-order valence-corrected chi connectivity index (χ3v) is 2.50. The average molecular weight is 140 g/mol. The van der Waals surface area contributed by atoms with Crippen LogP contribution in [0.15, 0.2) is 0 Å². The molecule has 0 unspecified atom stereocenters. The third kappa shape index (κ3) is 1.59. The molecule has 0 aromatic heterocycles. The van der Waals surface area contributed by atoms with Crippen LogP contribution in [-0.4, -0.2) is 5.78 Å². The lowest BCUT2D eigenvalue weighted by Crippen LogP contribution is -2.08. The SMILES string of the molecule is CCC(=O)[C@@H]1CC[C@H](C)C1. The van der Waals surface area contributed by atoms with Crippen molar-refractivity contribution >= 4 is 5.78 Å². The molecule has 1 aliphatic carbocycles. The second-order valence-electron chi connectivity index (χ2n) is 3.44. The Morgan fingerprint density at radius 3 is 2.60 bits per heavy atom. The van der Waals surface area contributed by atoms with Gasteiger partial charge >= 0.3 is 0 Å². The van der Waals surface area contributed by atoms with E-state index in [4.69, 9.17) is 0 Å². The van der Waals surface area contributed by atoms with Crippen LogP contribution in [0.25, 0.3) is 0 Å².